The lowest BCUT2D eigenvalue weighted by atomic mass is 10.2. The van der Waals surface area contributed by atoms with Crippen molar-refractivity contribution in [1.29, 1.82) is 5.26 Å². The molecule has 0 heterocycles. The summed E-state index contributed by atoms with van der Waals surface area (Å²) >= 11 is 0. The van der Waals surface area contributed by atoms with Crippen LogP contribution < -0.4 is 4.74 Å². The van der Waals surface area contributed by atoms with Crippen LogP contribution in [0.25, 0.3) is 4.85 Å². The lowest BCUT2D eigenvalue weighted by Gasteiger charge is -2.06. The van der Waals surface area contributed by atoms with Gasteiger partial charge in [-0.3, -0.25) is 4.79 Å². The molecule has 1 aromatic rings. The standard InChI is InChI=1S/C12H10N2O3/c1-14-10-5-9(8-13)6-11(7-10)17-4-2-3-12(15)16/h5-7H,2-4H2,(H,15,16). The highest BCUT2D eigenvalue weighted by Crippen LogP contribution is 2.23. The molecule has 0 aliphatic heterocycles. The topological polar surface area (TPSA) is 74.7 Å². The summed E-state index contributed by atoms with van der Waals surface area (Å²) < 4.78 is 5.28. The van der Waals surface area contributed by atoms with E-state index < -0.39 is 5.97 Å². The first-order valence-corrected chi connectivity index (χ1v) is 4.93. The Bertz CT molecular complexity index is 465. The predicted octanol–water partition coefficient (Wildman–Crippen LogP) is 2.35. The summed E-state index contributed by atoms with van der Waals surface area (Å²) in [7, 11) is 0. The second-order valence-corrected chi connectivity index (χ2v) is 3.28. The summed E-state index contributed by atoms with van der Waals surface area (Å²) in [6.45, 7) is 7.11. The molecular formula is C12H10N2O3. The Labute approximate surface area is 98.7 Å². The van der Waals surface area contributed by atoms with Gasteiger partial charge in [-0.25, -0.2) is 4.85 Å². The zero-order valence-corrected chi connectivity index (χ0v) is 9.01. The molecule has 0 amide bonds. The zero-order chi connectivity index (χ0) is 12.7. The molecular weight excluding hydrogens is 220 g/mol. The number of carboxylic acid groups (broad SMARTS) is 1. The first-order chi connectivity index (χ1) is 8.15. The predicted molar refractivity (Wildman–Crippen MR) is 59.8 cm³/mol. The van der Waals surface area contributed by atoms with Crippen LogP contribution in [0.15, 0.2) is 18.2 Å². The maximum Gasteiger partial charge on any atom is 0.303 e. The fraction of sp³-hybridized carbons (Fsp3) is 0.250. The molecule has 0 spiro atoms. The normalized spacial score (nSPS) is 9.06. The van der Waals surface area contributed by atoms with Crippen LogP contribution in [0.3, 0.4) is 0 Å². The summed E-state index contributed by atoms with van der Waals surface area (Å²) in [4.78, 5) is 13.5. The monoisotopic (exact) mass is 230 g/mol. The highest BCUT2D eigenvalue weighted by atomic mass is 16.5. The Kier molecular flexibility index (Phi) is 4.53. The van der Waals surface area contributed by atoms with E-state index in [1.165, 1.54) is 18.2 Å². The van der Waals surface area contributed by atoms with Crippen molar-refractivity contribution in [1.82, 2.24) is 0 Å². The van der Waals surface area contributed by atoms with Crippen LogP contribution in [0.4, 0.5) is 5.69 Å². The molecule has 0 aliphatic rings. The van der Waals surface area contributed by atoms with E-state index >= 15 is 0 Å². The van der Waals surface area contributed by atoms with Crippen LogP contribution in [-0.2, 0) is 4.79 Å². The lowest BCUT2D eigenvalue weighted by Crippen LogP contribution is -2.02. The molecule has 0 unspecified atom stereocenters. The van der Waals surface area contributed by atoms with Gasteiger partial charge in [0.15, 0.2) is 5.69 Å². The van der Waals surface area contributed by atoms with E-state index in [0.29, 0.717) is 23.4 Å². The van der Waals surface area contributed by atoms with E-state index in [1.807, 2.05) is 6.07 Å². The fourth-order valence-electron chi connectivity index (χ4n) is 1.21. The van der Waals surface area contributed by atoms with Crippen LogP contribution in [0.2, 0.25) is 0 Å². The van der Waals surface area contributed by atoms with Crippen LogP contribution >= 0.6 is 0 Å². The first-order valence-electron chi connectivity index (χ1n) is 4.93. The van der Waals surface area contributed by atoms with Crippen molar-refractivity contribution in [3.63, 3.8) is 0 Å². The molecule has 0 saturated carbocycles. The van der Waals surface area contributed by atoms with Crippen molar-refractivity contribution in [2.45, 2.75) is 12.8 Å². The third kappa shape index (κ3) is 4.23. The number of aliphatic carboxylic acids is 1. The minimum atomic E-state index is -0.874. The second kappa shape index (κ2) is 6.14. The Hall–Kier alpha value is -2.53. The Balaban J connectivity index is 2.62. The highest BCUT2D eigenvalue weighted by molar-refractivity contribution is 5.66. The minimum absolute atomic E-state index is 0.0353. The summed E-state index contributed by atoms with van der Waals surface area (Å²) in [6, 6.07) is 6.45. The van der Waals surface area contributed by atoms with Gasteiger partial charge in [0.05, 0.1) is 19.2 Å². The highest BCUT2D eigenvalue weighted by Gasteiger charge is 2.02. The summed E-state index contributed by atoms with van der Waals surface area (Å²) in [6.07, 6.45) is 0.424. The van der Waals surface area contributed by atoms with Crippen molar-refractivity contribution in [2.75, 3.05) is 6.61 Å². The number of carbonyl (C=O) groups is 1. The van der Waals surface area contributed by atoms with Crippen molar-refractivity contribution in [3.05, 3.63) is 35.2 Å². The van der Waals surface area contributed by atoms with Gasteiger partial charge in [0.1, 0.15) is 5.75 Å². The van der Waals surface area contributed by atoms with Crippen LogP contribution in [0.5, 0.6) is 5.75 Å². The minimum Gasteiger partial charge on any atom is -0.495 e. The van der Waals surface area contributed by atoms with E-state index in [1.54, 1.807) is 0 Å². The van der Waals surface area contributed by atoms with Gasteiger partial charge in [0.25, 0.3) is 0 Å². The number of carboxylic acids is 1. The molecule has 1 N–H and O–H groups in total. The van der Waals surface area contributed by atoms with Crippen molar-refractivity contribution in [2.24, 2.45) is 0 Å². The average Bonchev–Trinajstić information content (AvgIpc) is 2.34. The van der Waals surface area contributed by atoms with E-state index in [2.05, 4.69) is 4.85 Å². The third-order valence-corrected chi connectivity index (χ3v) is 1.95. The number of hydrogen-bond acceptors (Lipinski definition) is 3. The molecule has 0 atom stereocenters. The number of hydrogen-bond donors (Lipinski definition) is 1. The number of nitrogens with zero attached hydrogens (tertiary/aromatic N) is 2. The van der Waals surface area contributed by atoms with Gasteiger partial charge in [-0.1, -0.05) is 0 Å². The Morgan fingerprint density at radius 1 is 1.53 bits per heavy atom. The molecule has 0 bridgehead atoms. The van der Waals surface area contributed by atoms with Gasteiger partial charge in [0.2, 0.25) is 0 Å². The fourth-order valence-corrected chi connectivity index (χ4v) is 1.21. The van der Waals surface area contributed by atoms with Crippen LogP contribution in [0.1, 0.15) is 18.4 Å². The molecule has 5 heteroatoms. The first kappa shape index (κ1) is 12.5. The lowest BCUT2D eigenvalue weighted by molar-refractivity contribution is -0.137. The van der Waals surface area contributed by atoms with Gasteiger partial charge >= 0.3 is 5.97 Å². The summed E-state index contributed by atoms with van der Waals surface area (Å²) in [5.74, 6) is -0.457. The number of ether oxygens (including phenoxy) is 1. The van der Waals surface area contributed by atoms with E-state index in [4.69, 9.17) is 21.7 Å². The summed E-state index contributed by atoms with van der Waals surface area (Å²) in [5.41, 5.74) is 0.684. The Morgan fingerprint density at radius 3 is 2.88 bits per heavy atom. The van der Waals surface area contributed by atoms with E-state index in [-0.39, 0.29) is 13.0 Å². The van der Waals surface area contributed by atoms with Gasteiger partial charge in [-0.2, -0.15) is 5.26 Å². The second-order valence-electron chi connectivity index (χ2n) is 3.28. The quantitative estimate of drug-likeness (QED) is 0.622. The SMILES string of the molecule is [C-]#[N+]c1cc(C#N)cc(OCCCC(=O)O)c1. The van der Waals surface area contributed by atoms with E-state index in [9.17, 15) is 4.79 Å². The van der Waals surface area contributed by atoms with Crippen molar-refractivity contribution in [3.8, 4) is 11.8 Å². The number of rotatable bonds is 5. The molecule has 0 aliphatic carbocycles. The van der Waals surface area contributed by atoms with Gasteiger partial charge in [-0.15, -0.1) is 0 Å². The molecule has 1 aromatic carbocycles. The maximum atomic E-state index is 10.3. The number of nitriles is 1. The Morgan fingerprint density at radius 2 is 2.29 bits per heavy atom. The molecule has 5 nitrogen and oxygen atoms in total. The molecule has 0 saturated heterocycles. The largest absolute Gasteiger partial charge is 0.495 e. The number of benzene rings is 1. The zero-order valence-electron chi connectivity index (χ0n) is 9.01. The summed E-state index contributed by atoms with van der Waals surface area (Å²) in [5, 5.41) is 17.2. The molecule has 0 fully saturated rings. The maximum absolute atomic E-state index is 10.3. The van der Waals surface area contributed by atoms with Gasteiger partial charge in [-0.05, 0) is 24.6 Å². The smallest absolute Gasteiger partial charge is 0.303 e. The van der Waals surface area contributed by atoms with Crippen LogP contribution in [-0.4, -0.2) is 17.7 Å². The van der Waals surface area contributed by atoms with E-state index in [0.717, 1.165) is 0 Å². The van der Waals surface area contributed by atoms with Crippen molar-refractivity contribution >= 4 is 11.7 Å². The molecule has 1 rings (SSSR count). The molecule has 0 radical (unpaired) electrons. The average molecular weight is 230 g/mol. The van der Waals surface area contributed by atoms with Gasteiger partial charge < -0.3 is 9.84 Å². The van der Waals surface area contributed by atoms with Crippen molar-refractivity contribution < 1.29 is 14.6 Å². The molecule has 17 heavy (non-hydrogen) atoms. The molecule has 0 aromatic heterocycles. The third-order valence-electron chi connectivity index (χ3n) is 1.95. The van der Waals surface area contributed by atoms with Gasteiger partial charge in [0, 0.05) is 12.0 Å². The van der Waals surface area contributed by atoms with Crippen LogP contribution in [0, 0.1) is 17.9 Å². The molecule has 86 valence electrons.